The lowest BCUT2D eigenvalue weighted by atomic mass is 9.49. The first-order chi connectivity index (χ1) is 13.0. The second kappa shape index (κ2) is 6.21. The standard InChI is InChI=1S/C21H25FN2O3/c22-16-1-2-17-15(6-16)7-18(27-17)20(26)24-23-19(25)11-21-8-12-3-13(9-21)5-14(4-12)10-21/h1-2,6,12-14,18H,3-5,7-11H2,(H,23,25)(H,24,26)/t12?,13?,14?,18-,21?/m1/s1. The summed E-state index contributed by atoms with van der Waals surface area (Å²) in [5, 5.41) is 0. The van der Waals surface area contributed by atoms with Crippen LogP contribution in [0.1, 0.15) is 50.5 Å². The lowest BCUT2D eigenvalue weighted by molar-refractivity contribution is -0.136. The molecule has 2 amide bonds. The van der Waals surface area contributed by atoms with Gasteiger partial charge in [0.25, 0.3) is 5.91 Å². The molecule has 1 atom stereocenters. The average Bonchev–Trinajstić information content (AvgIpc) is 3.01. The quantitative estimate of drug-likeness (QED) is 0.802. The molecule has 4 fully saturated rings. The molecular weight excluding hydrogens is 347 g/mol. The van der Waals surface area contributed by atoms with E-state index in [-0.39, 0.29) is 17.1 Å². The summed E-state index contributed by atoms with van der Waals surface area (Å²) in [6, 6.07) is 4.23. The van der Waals surface area contributed by atoms with Crippen LogP contribution in [0.2, 0.25) is 0 Å². The zero-order valence-electron chi connectivity index (χ0n) is 15.3. The number of hydrazine groups is 1. The van der Waals surface area contributed by atoms with Gasteiger partial charge in [-0.25, -0.2) is 4.39 Å². The largest absolute Gasteiger partial charge is 0.480 e. The Balaban J connectivity index is 1.14. The van der Waals surface area contributed by atoms with Gasteiger partial charge in [0.15, 0.2) is 6.10 Å². The number of carbonyl (C=O) groups excluding carboxylic acids is 2. The molecule has 144 valence electrons. The van der Waals surface area contributed by atoms with E-state index in [1.54, 1.807) is 0 Å². The smallest absolute Gasteiger partial charge is 0.279 e. The molecule has 1 aromatic carbocycles. The summed E-state index contributed by atoms with van der Waals surface area (Å²) < 4.78 is 18.8. The first kappa shape index (κ1) is 17.0. The second-order valence-corrected chi connectivity index (χ2v) is 9.19. The summed E-state index contributed by atoms with van der Waals surface area (Å²) in [6.45, 7) is 0. The minimum Gasteiger partial charge on any atom is -0.480 e. The molecule has 4 aliphatic carbocycles. The Bertz CT molecular complexity index is 758. The van der Waals surface area contributed by atoms with Gasteiger partial charge in [-0.2, -0.15) is 0 Å². The molecule has 0 aromatic heterocycles. The van der Waals surface area contributed by atoms with E-state index in [1.807, 2.05) is 0 Å². The van der Waals surface area contributed by atoms with E-state index in [2.05, 4.69) is 10.9 Å². The van der Waals surface area contributed by atoms with Crippen LogP contribution >= 0.6 is 0 Å². The Morgan fingerprint density at radius 3 is 2.41 bits per heavy atom. The molecule has 0 saturated heterocycles. The van der Waals surface area contributed by atoms with Crippen LogP contribution in [-0.2, 0) is 16.0 Å². The predicted octanol–water partition coefficient (Wildman–Crippen LogP) is 2.88. The van der Waals surface area contributed by atoms with E-state index in [0.717, 1.165) is 37.0 Å². The van der Waals surface area contributed by atoms with Crippen LogP contribution in [0.3, 0.4) is 0 Å². The van der Waals surface area contributed by atoms with E-state index in [4.69, 9.17) is 4.74 Å². The van der Waals surface area contributed by atoms with Crippen molar-refractivity contribution in [2.45, 2.75) is 57.5 Å². The normalized spacial score (nSPS) is 35.4. The molecule has 1 aromatic rings. The molecule has 1 heterocycles. The van der Waals surface area contributed by atoms with Crippen molar-refractivity contribution in [3.8, 4) is 5.75 Å². The number of rotatable bonds is 3. The van der Waals surface area contributed by atoms with Crippen LogP contribution in [-0.4, -0.2) is 17.9 Å². The molecule has 5 nitrogen and oxygen atoms in total. The molecule has 2 N–H and O–H groups in total. The minimum atomic E-state index is -0.735. The van der Waals surface area contributed by atoms with E-state index in [1.165, 1.54) is 37.5 Å². The number of hydrogen-bond donors (Lipinski definition) is 2. The minimum absolute atomic E-state index is 0.119. The molecule has 1 aliphatic heterocycles. The van der Waals surface area contributed by atoms with Crippen molar-refractivity contribution < 1.29 is 18.7 Å². The first-order valence-electron chi connectivity index (χ1n) is 10.0. The van der Waals surface area contributed by atoms with E-state index >= 15 is 0 Å². The maximum absolute atomic E-state index is 13.3. The van der Waals surface area contributed by atoms with Gasteiger partial charge in [0.2, 0.25) is 5.91 Å². The number of ether oxygens (including phenoxy) is 1. The number of nitrogens with one attached hydrogen (secondary N) is 2. The summed E-state index contributed by atoms with van der Waals surface area (Å²) >= 11 is 0. The molecule has 6 heteroatoms. The van der Waals surface area contributed by atoms with Crippen LogP contribution in [0, 0.1) is 29.0 Å². The topological polar surface area (TPSA) is 67.4 Å². The molecule has 6 rings (SSSR count). The van der Waals surface area contributed by atoms with Crippen LogP contribution in [0.15, 0.2) is 18.2 Å². The Labute approximate surface area is 158 Å². The van der Waals surface area contributed by atoms with E-state index < -0.39 is 12.0 Å². The third-order valence-corrected chi connectivity index (χ3v) is 7.02. The second-order valence-electron chi connectivity index (χ2n) is 9.19. The van der Waals surface area contributed by atoms with Crippen molar-refractivity contribution in [3.05, 3.63) is 29.6 Å². The van der Waals surface area contributed by atoms with Crippen LogP contribution in [0.4, 0.5) is 4.39 Å². The molecule has 4 bridgehead atoms. The van der Waals surface area contributed by atoms with Gasteiger partial charge in [0.05, 0.1) is 0 Å². The van der Waals surface area contributed by atoms with Gasteiger partial charge in [-0.05, 0) is 79.9 Å². The van der Waals surface area contributed by atoms with Crippen LogP contribution < -0.4 is 15.6 Å². The lowest BCUT2D eigenvalue weighted by Gasteiger charge is -2.56. The zero-order chi connectivity index (χ0) is 18.6. The van der Waals surface area contributed by atoms with Crippen molar-refractivity contribution in [2.75, 3.05) is 0 Å². The first-order valence-corrected chi connectivity index (χ1v) is 10.0. The molecule has 0 radical (unpaired) electrons. The average molecular weight is 372 g/mol. The highest BCUT2D eigenvalue weighted by Crippen LogP contribution is 2.61. The van der Waals surface area contributed by atoms with Crippen molar-refractivity contribution in [1.82, 2.24) is 10.9 Å². The maximum atomic E-state index is 13.3. The predicted molar refractivity (Wildman–Crippen MR) is 96.0 cm³/mol. The summed E-state index contributed by atoms with van der Waals surface area (Å²) in [6.07, 6.45) is 7.58. The Kier molecular flexibility index (Phi) is 3.92. The van der Waals surface area contributed by atoms with Crippen molar-refractivity contribution >= 4 is 11.8 Å². The Morgan fingerprint density at radius 2 is 1.74 bits per heavy atom. The fourth-order valence-corrected chi connectivity index (χ4v) is 6.47. The molecule has 0 spiro atoms. The molecular formula is C21H25FN2O3. The third-order valence-electron chi connectivity index (χ3n) is 7.02. The Hall–Kier alpha value is -2.11. The fourth-order valence-electron chi connectivity index (χ4n) is 6.47. The number of halogens is 1. The molecule has 27 heavy (non-hydrogen) atoms. The van der Waals surface area contributed by atoms with Gasteiger partial charge in [0, 0.05) is 18.4 Å². The summed E-state index contributed by atoms with van der Waals surface area (Å²) in [5.74, 6) is 2.05. The van der Waals surface area contributed by atoms with Gasteiger partial charge < -0.3 is 4.74 Å². The molecule has 5 aliphatic rings. The van der Waals surface area contributed by atoms with Crippen molar-refractivity contribution in [3.63, 3.8) is 0 Å². The molecule has 0 unspecified atom stereocenters. The number of fused-ring (bicyclic) bond motifs is 1. The monoisotopic (exact) mass is 372 g/mol. The highest BCUT2D eigenvalue weighted by molar-refractivity contribution is 5.86. The maximum Gasteiger partial charge on any atom is 0.279 e. The van der Waals surface area contributed by atoms with Gasteiger partial charge in [-0.3, -0.25) is 20.4 Å². The third kappa shape index (κ3) is 3.19. The van der Waals surface area contributed by atoms with Crippen molar-refractivity contribution in [1.29, 1.82) is 0 Å². The number of hydrogen-bond acceptors (Lipinski definition) is 3. The number of amides is 2. The summed E-state index contributed by atoms with van der Waals surface area (Å²) in [5.41, 5.74) is 5.90. The number of benzene rings is 1. The number of carbonyl (C=O) groups is 2. The van der Waals surface area contributed by atoms with Gasteiger partial charge >= 0.3 is 0 Å². The summed E-state index contributed by atoms with van der Waals surface area (Å²) in [4.78, 5) is 24.8. The highest BCUT2D eigenvalue weighted by Gasteiger charge is 2.51. The van der Waals surface area contributed by atoms with Crippen molar-refractivity contribution in [2.24, 2.45) is 23.2 Å². The highest BCUT2D eigenvalue weighted by atomic mass is 19.1. The van der Waals surface area contributed by atoms with E-state index in [0.29, 0.717) is 24.2 Å². The van der Waals surface area contributed by atoms with Gasteiger partial charge in [-0.15, -0.1) is 0 Å². The van der Waals surface area contributed by atoms with Crippen LogP contribution in [0.25, 0.3) is 0 Å². The fraction of sp³-hybridized carbons (Fsp3) is 0.619. The summed E-state index contributed by atoms with van der Waals surface area (Å²) in [7, 11) is 0. The Morgan fingerprint density at radius 1 is 1.07 bits per heavy atom. The van der Waals surface area contributed by atoms with Gasteiger partial charge in [0.1, 0.15) is 11.6 Å². The zero-order valence-corrected chi connectivity index (χ0v) is 15.3. The van der Waals surface area contributed by atoms with E-state index in [9.17, 15) is 14.0 Å². The van der Waals surface area contributed by atoms with Gasteiger partial charge in [-0.1, -0.05) is 0 Å². The lowest BCUT2D eigenvalue weighted by Crippen LogP contribution is -2.51. The van der Waals surface area contributed by atoms with Crippen LogP contribution in [0.5, 0.6) is 5.75 Å². The molecule has 4 saturated carbocycles. The SMILES string of the molecule is O=C(CC12CC3CC(CC(C3)C1)C2)NNC(=O)[C@H]1Cc2cc(F)ccc2O1.